The van der Waals surface area contributed by atoms with Gasteiger partial charge in [-0.25, -0.2) is 0 Å². The van der Waals surface area contributed by atoms with Crippen molar-refractivity contribution < 1.29 is 14.8 Å². The van der Waals surface area contributed by atoms with Gasteiger partial charge in [0.1, 0.15) is 5.69 Å². The number of nitrogens with zero attached hydrogens (tertiary/aromatic N) is 1. The second kappa shape index (κ2) is 6.49. The second-order valence-corrected chi connectivity index (χ2v) is 4.73. The molecule has 1 saturated heterocycles. The predicted octanol–water partition coefficient (Wildman–Crippen LogP) is 1.93. The van der Waals surface area contributed by atoms with Crippen LogP contribution in [0, 0.1) is 16.0 Å². The molecule has 6 heteroatoms. The van der Waals surface area contributed by atoms with Gasteiger partial charge in [-0.3, -0.25) is 10.1 Å². The molecule has 1 aliphatic rings. The molecule has 0 aromatic heterocycles. The Morgan fingerprint density at radius 1 is 1.53 bits per heavy atom. The molecule has 0 aliphatic carbocycles. The number of hydrogen-bond acceptors (Lipinski definition) is 5. The van der Waals surface area contributed by atoms with Crippen LogP contribution >= 0.6 is 0 Å². The van der Waals surface area contributed by atoms with Crippen molar-refractivity contribution in [3.8, 4) is 0 Å². The van der Waals surface area contributed by atoms with E-state index in [1.54, 1.807) is 12.1 Å². The maximum Gasteiger partial charge on any atom is 0.292 e. The summed E-state index contributed by atoms with van der Waals surface area (Å²) in [5.74, 6) is 0.394. The van der Waals surface area contributed by atoms with Gasteiger partial charge in [0.25, 0.3) is 5.69 Å². The van der Waals surface area contributed by atoms with Crippen LogP contribution < -0.4 is 5.32 Å². The molecule has 1 fully saturated rings. The van der Waals surface area contributed by atoms with E-state index in [4.69, 9.17) is 9.84 Å². The number of hydrogen-bond donors (Lipinski definition) is 2. The van der Waals surface area contributed by atoms with Crippen LogP contribution in [0.3, 0.4) is 0 Å². The molecule has 2 rings (SSSR count). The van der Waals surface area contributed by atoms with Gasteiger partial charge in [-0.15, -0.1) is 0 Å². The van der Waals surface area contributed by atoms with Crippen LogP contribution in [0.25, 0.3) is 0 Å². The molecular formula is C13H18N2O4. The lowest BCUT2D eigenvalue weighted by atomic mass is 10.0. The number of aliphatic hydroxyl groups excluding tert-OH is 1. The first-order valence-corrected chi connectivity index (χ1v) is 6.40. The van der Waals surface area contributed by atoms with Gasteiger partial charge in [-0.05, 0) is 30.4 Å². The van der Waals surface area contributed by atoms with E-state index in [2.05, 4.69) is 5.32 Å². The van der Waals surface area contributed by atoms with Gasteiger partial charge in [0.15, 0.2) is 0 Å². The molecule has 0 amide bonds. The largest absolute Gasteiger partial charge is 0.392 e. The Kier molecular flexibility index (Phi) is 4.70. The maximum atomic E-state index is 11.0. The molecule has 1 heterocycles. The Hall–Kier alpha value is -1.66. The van der Waals surface area contributed by atoms with E-state index in [1.807, 2.05) is 0 Å². The smallest absolute Gasteiger partial charge is 0.292 e. The Bertz CT molecular complexity index is 444. The number of anilines is 1. The predicted molar refractivity (Wildman–Crippen MR) is 71.1 cm³/mol. The zero-order chi connectivity index (χ0) is 13.7. The monoisotopic (exact) mass is 266 g/mol. The fourth-order valence-electron chi connectivity index (χ4n) is 2.20. The van der Waals surface area contributed by atoms with Crippen LogP contribution in [0.4, 0.5) is 11.4 Å². The summed E-state index contributed by atoms with van der Waals surface area (Å²) < 4.78 is 5.38. The van der Waals surface area contributed by atoms with E-state index in [0.29, 0.717) is 30.3 Å². The third kappa shape index (κ3) is 3.65. The summed E-state index contributed by atoms with van der Waals surface area (Å²) in [6, 6.07) is 4.74. The molecule has 1 aliphatic heterocycles. The van der Waals surface area contributed by atoms with Crippen LogP contribution in [0.15, 0.2) is 18.2 Å². The maximum absolute atomic E-state index is 11.0. The molecule has 0 radical (unpaired) electrons. The fraction of sp³-hybridized carbons (Fsp3) is 0.538. The summed E-state index contributed by atoms with van der Waals surface area (Å²) in [4.78, 5) is 10.6. The summed E-state index contributed by atoms with van der Waals surface area (Å²) in [7, 11) is 0. The summed E-state index contributed by atoms with van der Waals surface area (Å²) in [5.41, 5.74) is 1.04. The van der Waals surface area contributed by atoms with Crippen molar-refractivity contribution in [3.63, 3.8) is 0 Å². The number of aliphatic hydroxyl groups is 1. The lowest BCUT2D eigenvalue weighted by molar-refractivity contribution is -0.384. The lowest BCUT2D eigenvalue weighted by Gasteiger charge is -2.22. The van der Waals surface area contributed by atoms with Crippen molar-refractivity contribution in [2.45, 2.75) is 19.4 Å². The minimum absolute atomic E-state index is 0.00304. The highest BCUT2D eigenvalue weighted by atomic mass is 16.6. The van der Waals surface area contributed by atoms with Gasteiger partial charge in [0.2, 0.25) is 0 Å². The molecule has 0 saturated carbocycles. The Morgan fingerprint density at radius 3 is 3.00 bits per heavy atom. The van der Waals surface area contributed by atoms with Crippen LogP contribution in [-0.4, -0.2) is 29.8 Å². The average molecular weight is 266 g/mol. The number of benzene rings is 1. The zero-order valence-electron chi connectivity index (χ0n) is 10.7. The SMILES string of the molecule is O=[N+]([O-])c1cc(CO)ccc1NCC1CCCOC1. The minimum Gasteiger partial charge on any atom is -0.392 e. The van der Waals surface area contributed by atoms with Gasteiger partial charge in [-0.2, -0.15) is 0 Å². The van der Waals surface area contributed by atoms with Crippen LogP contribution in [0.5, 0.6) is 0 Å². The standard InChI is InChI=1S/C13H18N2O4/c16-8-10-3-4-12(13(6-10)15(17)18)14-7-11-2-1-5-19-9-11/h3-4,6,11,14,16H,1-2,5,7-9H2. The van der Waals surface area contributed by atoms with Gasteiger partial charge in [0, 0.05) is 19.2 Å². The number of ether oxygens (including phenoxy) is 1. The molecule has 1 atom stereocenters. The van der Waals surface area contributed by atoms with Gasteiger partial charge in [0.05, 0.1) is 18.1 Å². The van der Waals surface area contributed by atoms with Crippen LogP contribution in [-0.2, 0) is 11.3 Å². The van der Waals surface area contributed by atoms with Crippen molar-refractivity contribution in [1.82, 2.24) is 0 Å². The van der Waals surface area contributed by atoms with Crippen molar-refractivity contribution in [1.29, 1.82) is 0 Å². The number of rotatable bonds is 5. The number of nitro groups is 1. The summed E-state index contributed by atoms with van der Waals surface area (Å²) in [5, 5.41) is 23.1. The molecule has 0 spiro atoms. The van der Waals surface area contributed by atoms with E-state index in [9.17, 15) is 10.1 Å². The van der Waals surface area contributed by atoms with Crippen molar-refractivity contribution in [2.24, 2.45) is 5.92 Å². The summed E-state index contributed by atoms with van der Waals surface area (Å²) >= 11 is 0. The second-order valence-electron chi connectivity index (χ2n) is 4.73. The van der Waals surface area contributed by atoms with E-state index in [-0.39, 0.29) is 12.3 Å². The zero-order valence-corrected chi connectivity index (χ0v) is 10.7. The van der Waals surface area contributed by atoms with Crippen molar-refractivity contribution in [3.05, 3.63) is 33.9 Å². The molecule has 0 bridgehead atoms. The Morgan fingerprint density at radius 2 is 2.37 bits per heavy atom. The first-order chi connectivity index (χ1) is 9.20. The topological polar surface area (TPSA) is 84.6 Å². The van der Waals surface area contributed by atoms with Crippen LogP contribution in [0.1, 0.15) is 18.4 Å². The molecule has 1 aromatic rings. The van der Waals surface area contributed by atoms with Crippen molar-refractivity contribution >= 4 is 11.4 Å². The summed E-state index contributed by atoms with van der Waals surface area (Å²) in [6.45, 7) is 1.98. The third-order valence-corrected chi connectivity index (χ3v) is 3.28. The molecule has 2 N–H and O–H groups in total. The first kappa shape index (κ1) is 13.8. The molecule has 1 aromatic carbocycles. The lowest BCUT2D eigenvalue weighted by Crippen LogP contribution is -2.24. The van der Waals surface area contributed by atoms with Gasteiger partial charge >= 0.3 is 0 Å². The van der Waals surface area contributed by atoms with E-state index < -0.39 is 4.92 Å². The minimum atomic E-state index is -0.432. The molecule has 1 unspecified atom stereocenters. The molecule has 6 nitrogen and oxygen atoms in total. The number of nitrogens with one attached hydrogen (secondary N) is 1. The van der Waals surface area contributed by atoms with Crippen LogP contribution in [0.2, 0.25) is 0 Å². The third-order valence-electron chi connectivity index (χ3n) is 3.28. The highest BCUT2D eigenvalue weighted by Crippen LogP contribution is 2.26. The molecule has 19 heavy (non-hydrogen) atoms. The van der Waals surface area contributed by atoms with E-state index in [1.165, 1.54) is 6.07 Å². The number of nitro benzene ring substituents is 1. The fourth-order valence-corrected chi connectivity index (χ4v) is 2.20. The van der Waals surface area contributed by atoms with Crippen molar-refractivity contribution in [2.75, 3.05) is 25.1 Å². The van der Waals surface area contributed by atoms with E-state index in [0.717, 1.165) is 19.4 Å². The summed E-state index contributed by atoms with van der Waals surface area (Å²) in [6.07, 6.45) is 2.12. The van der Waals surface area contributed by atoms with Gasteiger partial charge in [-0.1, -0.05) is 6.07 Å². The molecular weight excluding hydrogens is 248 g/mol. The Labute approximate surface area is 111 Å². The first-order valence-electron chi connectivity index (χ1n) is 6.40. The highest BCUT2D eigenvalue weighted by molar-refractivity contribution is 5.62. The van der Waals surface area contributed by atoms with Gasteiger partial charge < -0.3 is 15.2 Å². The highest BCUT2D eigenvalue weighted by Gasteiger charge is 2.17. The molecule has 104 valence electrons. The quantitative estimate of drug-likeness (QED) is 0.628. The normalized spacial score (nSPS) is 19.1. The Balaban J connectivity index is 2.04. The average Bonchev–Trinajstić information content (AvgIpc) is 2.46. The van der Waals surface area contributed by atoms with E-state index >= 15 is 0 Å².